The summed E-state index contributed by atoms with van der Waals surface area (Å²) in [6, 6.07) is 0. The summed E-state index contributed by atoms with van der Waals surface area (Å²) in [5, 5.41) is 11.5. The number of ether oxygens (including phenoxy) is 1. The summed E-state index contributed by atoms with van der Waals surface area (Å²) in [5.74, 6) is -0.0338. The van der Waals surface area contributed by atoms with E-state index >= 15 is 0 Å². The maximum absolute atomic E-state index is 14.3. The zero-order chi connectivity index (χ0) is 12.6. The van der Waals surface area contributed by atoms with Crippen LogP contribution in [0.25, 0.3) is 0 Å². The number of carbonyl (C=O) groups excluding carboxylic acids is 1. The summed E-state index contributed by atoms with van der Waals surface area (Å²) in [6.45, 7) is 4.82. The molecule has 1 fully saturated rings. The highest BCUT2D eigenvalue weighted by Crippen LogP contribution is 2.37. The average molecular weight is 242 g/mol. The third kappa shape index (κ3) is 2.18. The number of nitrogens with one attached hydrogen (secondary N) is 1. The van der Waals surface area contributed by atoms with Crippen molar-refractivity contribution in [1.29, 1.82) is 0 Å². The van der Waals surface area contributed by atoms with E-state index in [0.29, 0.717) is 0 Å². The van der Waals surface area contributed by atoms with Crippen LogP contribution >= 0.6 is 0 Å². The van der Waals surface area contributed by atoms with Crippen LogP contribution in [0.15, 0.2) is 24.7 Å². The van der Waals surface area contributed by atoms with Crippen molar-refractivity contribution in [2.45, 2.75) is 31.3 Å². The molecule has 6 heteroatoms. The van der Waals surface area contributed by atoms with Crippen molar-refractivity contribution >= 4 is 5.91 Å². The number of aliphatic hydroxyl groups is 1. The summed E-state index contributed by atoms with van der Waals surface area (Å²) in [4.78, 5) is 12.5. The molecular weight excluding hydrogens is 227 g/mol. The summed E-state index contributed by atoms with van der Waals surface area (Å²) in [6.07, 6.45) is 1.40. The number of amides is 1. The first-order chi connectivity index (χ1) is 7.94. The van der Waals surface area contributed by atoms with Gasteiger partial charge in [0.25, 0.3) is 5.91 Å². The van der Waals surface area contributed by atoms with Crippen LogP contribution in [0, 0.1) is 0 Å². The summed E-state index contributed by atoms with van der Waals surface area (Å²) >= 11 is 0. The van der Waals surface area contributed by atoms with Gasteiger partial charge >= 0.3 is 0 Å². The topological polar surface area (TPSA) is 61.8 Å². The third-order valence-electron chi connectivity index (χ3n) is 2.89. The van der Waals surface area contributed by atoms with E-state index in [1.54, 1.807) is 0 Å². The van der Waals surface area contributed by atoms with Crippen molar-refractivity contribution in [2.24, 2.45) is 0 Å². The minimum Gasteiger partial charge on any atom is -0.394 e. The fourth-order valence-electron chi connectivity index (χ4n) is 2.09. The van der Waals surface area contributed by atoms with Gasteiger partial charge in [0, 0.05) is 18.7 Å². The summed E-state index contributed by atoms with van der Waals surface area (Å²) in [7, 11) is 0. The molecule has 3 atom stereocenters. The molecule has 0 aliphatic carbocycles. The zero-order valence-electron chi connectivity index (χ0n) is 9.52. The number of hydrogen-bond acceptors (Lipinski definition) is 4. The Morgan fingerprint density at radius 1 is 1.82 bits per heavy atom. The molecule has 17 heavy (non-hydrogen) atoms. The third-order valence-corrected chi connectivity index (χ3v) is 2.89. The second-order valence-electron chi connectivity index (χ2n) is 4.43. The second kappa shape index (κ2) is 4.12. The molecule has 2 heterocycles. The predicted molar refractivity (Wildman–Crippen MR) is 58.1 cm³/mol. The number of alkyl halides is 1. The van der Waals surface area contributed by atoms with Gasteiger partial charge in [-0.3, -0.25) is 4.79 Å². The first-order valence-electron chi connectivity index (χ1n) is 5.36. The van der Waals surface area contributed by atoms with Crippen LogP contribution in [0.1, 0.15) is 13.3 Å². The number of aliphatic hydroxyl groups excluding tert-OH is 1. The van der Waals surface area contributed by atoms with Gasteiger partial charge in [0.05, 0.1) is 12.7 Å². The molecule has 2 rings (SSSR count). The summed E-state index contributed by atoms with van der Waals surface area (Å²) in [5.41, 5.74) is -1.61. The smallest absolute Gasteiger partial charge is 0.250 e. The van der Waals surface area contributed by atoms with Crippen molar-refractivity contribution in [3.63, 3.8) is 0 Å². The lowest BCUT2D eigenvalue weighted by Crippen LogP contribution is -2.48. The van der Waals surface area contributed by atoms with E-state index in [1.807, 2.05) is 0 Å². The monoisotopic (exact) mass is 242 g/mol. The molecule has 0 unspecified atom stereocenters. The van der Waals surface area contributed by atoms with Crippen LogP contribution in [0.2, 0.25) is 0 Å². The zero-order valence-corrected chi connectivity index (χ0v) is 9.52. The number of carbonyl (C=O) groups is 1. The van der Waals surface area contributed by atoms with Crippen molar-refractivity contribution in [2.75, 3.05) is 6.61 Å². The Balaban J connectivity index is 2.20. The molecule has 5 nitrogen and oxygen atoms in total. The van der Waals surface area contributed by atoms with Gasteiger partial charge in [-0.15, -0.1) is 0 Å². The van der Waals surface area contributed by atoms with Crippen LogP contribution in [0.3, 0.4) is 0 Å². The standard InChI is InChI=1S/C11H15FN2O3/c1-7-13-9(16)3-4-14(7)10-11(2,12)5-8(6-15)17-10/h3-4,8,10,15H,1,5-6H2,2H3,(H,13,16)/t8-,10+,11+/m0/s1. The molecular formula is C11H15FN2O3. The predicted octanol–water partition coefficient (Wildman–Crippen LogP) is 0.239. The minimum atomic E-state index is -1.61. The molecule has 0 radical (unpaired) electrons. The number of halogens is 1. The molecule has 0 spiro atoms. The van der Waals surface area contributed by atoms with Gasteiger partial charge in [-0.2, -0.15) is 0 Å². The maximum atomic E-state index is 14.3. The molecule has 2 aliphatic rings. The first-order valence-corrected chi connectivity index (χ1v) is 5.36. The largest absolute Gasteiger partial charge is 0.394 e. The van der Waals surface area contributed by atoms with Crippen molar-refractivity contribution in [3.8, 4) is 0 Å². The van der Waals surface area contributed by atoms with Crippen LogP contribution in [0.5, 0.6) is 0 Å². The molecule has 0 aromatic carbocycles. The fraction of sp³-hybridized carbons (Fsp3) is 0.545. The highest BCUT2D eigenvalue weighted by molar-refractivity contribution is 5.89. The van der Waals surface area contributed by atoms with Gasteiger partial charge in [-0.25, -0.2) is 4.39 Å². The first kappa shape index (κ1) is 12.1. The highest BCUT2D eigenvalue weighted by Gasteiger charge is 2.49. The van der Waals surface area contributed by atoms with Crippen molar-refractivity contribution in [3.05, 3.63) is 24.7 Å². The van der Waals surface area contributed by atoms with Crippen LogP contribution in [-0.2, 0) is 9.53 Å². The molecule has 0 saturated carbocycles. The van der Waals surface area contributed by atoms with E-state index in [9.17, 15) is 9.18 Å². The quantitative estimate of drug-likeness (QED) is 0.728. The molecule has 2 aliphatic heterocycles. The molecule has 0 aromatic rings. The summed E-state index contributed by atoms with van der Waals surface area (Å²) < 4.78 is 19.7. The molecule has 0 bridgehead atoms. The number of hydrogen-bond donors (Lipinski definition) is 2. The minimum absolute atomic E-state index is 0.111. The van der Waals surface area contributed by atoms with Gasteiger partial charge in [0.1, 0.15) is 5.82 Å². The Morgan fingerprint density at radius 3 is 3.06 bits per heavy atom. The highest BCUT2D eigenvalue weighted by atomic mass is 19.1. The fourth-order valence-corrected chi connectivity index (χ4v) is 2.09. The normalized spacial score (nSPS) is 37.5. The van der Waals surface area contributed by atoms with E-state index in [1.165, 1.54) is 24.1 Å². The molecule has 1 amide bonds. The molecule has 1 saturated heterocycles. The van der Waals surface area contributed by atoms with E-state index in [-0.39, 0.29) is 24.8 Å². The lowest BCUT2D eigenvalue weighted by molar-refractivity contribution is -0.119. The van der Waals surface area contributed by atoms with Crippen LogP contribution in [0.4, 0.5) is 4.39 Å². The Bertz CT molecular complexity index is 381. The molecule has 2 N–H and O–H groups in total. The van der Waals surface area contributed by atoms with E-state index in [0.717, 1.165) is 0 Å². The molecule has 94 valence electrons. The van der Waals surface area contributed by atoms with E-state index in [2.05, 4.69) is 11.9 Å². The van der Waals surface area contributed by atoms with Gasteiger partial charge in [-0.1, -0.05) is 6.58 Å². The van der Waals surface area contributed by atoms with Crippen LogP contribution in [-0.4, -0.2) is 40.5 Å². The van der Waals surface area contributed by atoms with Gasteiger partial charge in [0.2, 0.25) is 0 Å². The van der Waals surface area contributed by atoms with Crippen LogP contribution < -0.4 is 5.32 Å². The Kier molecular flexibility index (Phi) is 2.92. The Morgan fingerprint density at radius 2 is 2.53 bits per heavy atom. The van der Waals surface area contributed by atoms with Gasteiger partial charge in [-0.05, 0) is 6.92 Å². The number of rotatable bonds is 2. The van der Waals surface area contributed by atoms with Crippen molar-refractivity contribution in [1.82, 2.24) is 10.2 Å². The lowest BCUT2D eigenvalue weighted by atomic mass is 10.0. The number of nitrogens with zero attached hydrogens (tertiary/aromatic N) is 1. The Hall–Kier alpha value is -1.40. The van der Waals surface area contributed by atoms with Gasteiger partial charge < -0.3 is 20.1 Å². The van der Waals surface area contributed by atoms with E-state index < -0.39 is 18.0 Å². The maximum Gasteiger partial charge on any atom is 0.250 e. The van der Waals surface area contributed by atoms with E-state index in [4.69, 9.17) is 9.84 Å². The second-order valence-corrected chi connectivity index (χ2v) is 4.43. The molecule has 0 aromatic heterocycles. The van der Waals surface area contributed by atoms with Gasteiger partial charge in [0.15, 0.2) is 11.9 Å². The Labute approximate surface area is 98.5 Å². The lowest BCUT2D eigenvalue weighted by Gasteiger charge is -2.35. The van der Waals surface area contributed by atoms with Crippen molar-refractivity contribution < 1.29 is 19.0 Å². The SMILES string of the molecule is C=C1NC(=O)C=CN1[C@@H]1O[C@H](CO)C[C@@]1(C)F. The average Bonchev–Trinajstić information content (AvgIpc) is 2.54.